The molecule has 2 saturated carbocycles. The van der Waals surface area contributed by atoms with Crippen LogP contribution >= 0.6 is 0 Å². The Bertz CT molecular complexity index is 935. The summed E-state index contributed by atoms with van der Waals surface area (Å²) in [6.07, 6.45) is 5.00. The van der Waals surface area contributed by atoms with Crippen molar-refractivity contribution in [1.82, 2.24) is 5.32 Å². The Morgan fingerprint density at radius 2 is 1.59 bits per heavy atom. The van der Waals surface area contributed by atoms with Crippen LogP contribution in [0.1, 0.15) is 101 Å². The molecule has 3 rings (SSSR count). The first-order chi connectivity index (χ1) is 14.9. The van der Waals surface area contributed by atoms with Crippen LogP contribution in [0.5, 0.6) is 0 Å². The SMILES string of the molecule is CC#Cc1cc(C)c(C2C(=O)CC3(CCC(CC(=O)NC(C)(C)C)CC3)CC2=O)c(C)c1. The molecule has 4 heteroatoms. The summed E-state index contributed by atoms with van der Waals surface area (Å²) >= 11 is 0. The van der Waals surface area contributed by atoms with E-state index < -0.39 is 5.92 Å². The monoisotopic (exact) mass is 435 g/mol. The zero-order valence-corrected chi connectivity index (χ0v) is 20.5. The van der Waals surface area contributed by atoms with Crippen LogP contribution in [0.25, 0.3) is 0 Å². The van der Waals surface area contributed by atoms with Gasteiger partial charge in [0.1, 0.15) is 17.5 Å². The first kappa shape index (κ1) is 24.2. The molecule has 0 radical (unpaired) electrons. The van der Waals surface area contributed by atoms with Crippen molar-refractivity contribution in [2.24, 2.45) is 11.3 Å². The van der Waals surface area contributed by atoms with E-state index in [1.54, 1.807) is 6.92 Å². The number of carbonyl (C=O) groups is 3. The molecule has 1 aromatic carbocycles. The largest absolute Gasteiger partial charge is 0.352 e. The van der Waals surface area contributed by atoms with E-state index in [2.05, 4.69) is 17.2 Å². The number of rotatable bonds is 3. The third-order valence-corrected chi connectivity index (χ3v) is 7.05. The lowest BCUT2D eigenvalue weighted by atomic mass is 9.59. The summed E-state index contributed by atoms with van der Waals surface area (Å²) in [7, 11) is 0. The lowest BCUT2D eigenvalue weighted by molar-refractivity contribution is -0.138. The van der Waals surface area contributed by atoms with Crippen LogP contribution < -0.4 is 5.32 Å². The van der Waals surface area contributed by atoms with Crippen molar-refractivity contribution in [3.8, 4) is 11.8 Å². The number of hydrogen-bond donors (Lipinski definition) is 1. The third-order valence-electron chi connectivity index (χ3n) is 7.05. The molecule has 2 aliphatic rings. The highest BCUT2D eigenvalue weighted by Gasteiger charge is 2.47. The Kier molecular flexibility index (Phi) is 6.98. The Balaban J connectivity index is 1.68. The standard InChI is InChI=1S/C28H37NO3/c1-7-8-21-13-18(2)25(19(3)14-21)26-22(30)16-28(17-23(26)31)11-9-20(10-12-28)15-24(32)29-27(4,5)6/h13-14,20,26H,9-12,15-17H2,1-6H3,(H,29,32). The van der Waals surface area contributed by atoms with Gasteiger partial charge in [-0.25, -0.2) is 0 Å². The molecule has 0 atom stereocenters. The normalized spacial score (nSPS) is 25.9. The van der Waals surface area contributed by atoms with Crippen LogP contribution in [0.4, 0.5) is 0 Å². The smallest absolute Gasteiger partial charge is 0.220 e. The third kappa shape index (κ3) is 5.49. The summed E-state index contributed by atoms with van der Waals surface area (Å²) in [5.74, 6) is 5.89. The number of hydrogen-bond acceptors (Lipinski definition) is 3. The maximum Gasteiger partial charge on any atom is 0.220 e. The zero-order valence-electron chi connectivity index (χ0n) is 20.5. The lowest BCUT2D eigenvalue weighted by Gasteiger charge is -2.43. The number of Topliss-reactive ketones (excluding diaryl/α,β-unsaturated/α-hetero) is 2. The fourth-order valence-electron chi connectivity index (χ4n) is 5.73. The zero-order chi connectivity index (χ0) is 23.7. The second-order valence-electron chi connectivity index (χ2n) is 11.1. The maximum atomic E-state index is 13.3. The van der Waals surface area contributed by atoms with Gasteiger partial charge in [-0.15, -0.1) is 5.92 Å². The van der Waals surface area contributed by atoms with Gasteiger partial charge in [-0.05, 0) is 107 Å². The highest BCUT2D eigenvalue weighted by Crippen LogP contribution is 2.50. The summed E-state index contributed by atoms with van der Waals surface area (Å²) in [4.78, 5) is 38.9. The highest BCUT2D eigenvalue weighted by atomic mass is 16.2. The van der Waals surface area contributed by atoms with Gasteiger partial charge in [0.05, 0.1) is 0 Å². The van der Waals surface area contributed by atoms with Gasteiger partial charge in [0, 0.05) is 30.4 Å². The van der Waals surface area contributed by atoms with E-state index in [-0.39, 0.29) is 28.4 Å². The van der Waals surface area contributed by atoms with Crippen molar-refractivity contribution >= 4 is 17.5 Å². The van der Waals surface area contributed by atoms with Crippen molar-refractivity contribution in [2.75, 3.05) is 0 Å². The van der Waals surface area contributed by atoms with Crippen molar-refractivity contribution < 1.29 is 14.4 Å². The van der Waals surface area contributed by atoms with Crippen molar-refractivity contribution in [1.29, 1.82) is 0 Å². The molecule has 4 nitrogen and oxygen atoms in total. The first-order valence-corrected chi connectivity index (χ1v) is 11.8. The Morgan fingerprint density at radius 3 is 2.06 bits per heavy atom. The van der Waals surface area contributed by atoms with Gasteiger partial charge in [-0.3, -0.25) is 14.4 Å². The molecule has 0 heterocycles. The number of nitrogens with one attached hydrogen (secondary N) is 1. The molecule has 1 N–H and O–H groups in total. The number of carbonyl (C=O) groups excluding carboxylic acids is 3. The van der Waals surface area contributed by atoms with Crippen molar-refractivity contribution in [3.05, 3.63) is 34.4 Å². The van der Waals surface area contributed by atoms with Crippen LogP contribution in [0.15, 0.2) is 12.1 Å². The average molecular weight is 436 g/mol. The fraction of sp³-hybridized carbons (Fsp3) is 0.607. The van der Waals surface area contributed by atoms with E-state index in [9.17, 15) is 14.4 Å². The summed E-state index contributed by atoms with van der Waals surface area (Å²) in [6, 6.07) is 3.97. The minimum atomic E-state index is -0.639. The van der Waals surface area contributed by atoms with Crippen LogP contribution in [0.3, 0.4) is 0 Å². The number of aryl methyl sites for hydroxylation is 2. The van der Waals surface area contributed by atoms with Crippen LogP contribution in [0, 0.1) is 37.0 Å². The molecule has 1 amide bonds. The molecule has 0 aliphatic heterocycles. The molecule has 0 bridgehead atoms. The Hall–Kier alpha value is -2.41. The average Bonchev–Trinajstić information content (AvgIpc) is 2.64. The molecule has 0 unspecified atom stereocenters. The molecular weight excluding hydrogens is 398 g/mol. The Morgan fingerprint density at radius 1 is 1.06 bits per heavy atom. The highest BCUT2D eigenvalue weighted by molar-refractivity contribution is 6.10. The molecule has 172 valence electrons. The van der Waals surface area contributed by atoms with Crippen LogP contribution in [-0.2, 0) is 14.4 Å². The number of amides is 1. The van der Waals surface area contributed by atoms with E-state index in [0.717, 1.165) is 47.9 Å². The predicted octanol–water partition coefficient (Wildman–Crippen LogP) is 5.17. The van der Waals surface area contributed by atoms with Crippen LogP contribution in [-0.4, -0.2) is 23.0 Å². The summed E-state index contributed by atoms with van der Waals surface area (Å²) < 4.78 is 0. The molecule has 0 saturated heterocycles. The van der Waals surface area contributed by atoms with E-state index in [4.69, 9.17) is 0 Å². The summed E-state index contributed by atoms with van der Waals surface area (Å²) in [5.41, 5.74) is 3.31. The molecule has 2 aliphatic carbocycles. The van der Waals surface area contributed by atoms with E-state index in [1.807, 2.05) is 46.8 Å². The second-order valence-corrected chi connectivity index (χ2v) is 11.1. The fourth-order valence-corrected chi connectivity index (χ4v) is 5.73. The van der Waals surface area contributed by atoms with Gasteiger partial charge in [-0.2, -0.15) is 0 Å². The van der Waals surface area contributed by atoms with Crippen molar-refractivity contribution in [2.45, 2.75) is 97.9 Å². The minimum absolute atomic E-state index is 0.0608. The number of benzene rings is 1. The summed E-state index contributed by atoms with van der Waals surface area (Å²) in [5, 5.41) is 3.04. The molecule has 1 spiro atoms. The maximum absolute atomic E-state index is 13.3. The van der Waals surface area contributed by atoms with Gasteiger partial charge in [0.2, 0.25) is 5.91 Å². The molecule has 32 heavy (non-hydrogen) atoms. The molecule has 1 aromatic rings. The summed E-state index contributed by atoms with van der Waals surface area (Å²) in [6.45, 7) is 11.7. The Labute approximate surface area is 192 Å². The molecular formula is C28H37NO3. The minimum Gasteiger partial charge on any atom is -0.352 e. The van der Waals surface area contributed by atoms with Crippen molar-refractivity contribution in [3.63, 3.8) is 0 Å². The van der Waals surface area contributed by atoms with Gasteiger partial charge in [0.25, 0.3) is 0 Å². The quantitative estimate of drug-likeness (QED) is 0.526. The van der Waals surface area contributed by atoms with E-state index in [1.165, 1.54) is 0 Å². The van der Waals surface area contributed by atoms with Crippen LogP contribution in [0.2, 0.25) is 0 Å². The first-order valence-electron chi connectivity index (χ1n) is 11.8. The lowest BCUT2D eigenvalue weighted by Crippen LogP contribution is -2.43. The second kappa shape index (κ2) is 9.22. The van der Waals surface area contributed by atoms with Gasteiger partial charge in [-0.1, -0.05) is 5.92 Å². The van der Waals surface area contributed by atoms with E-state index >= 15 is 0 Å². The molecule has 0 aromatic heterocycles. The van der Waals surface area contributed by atoms with Gasteiger partial charge >= 0.3 is 0 Å². The van der Waals surface area contributed by atoms with E-state index in [0.29, 0.717) is 25.2 Å². The van der Waals surface area contributed by atoms with Gasteiger partial charge < -0.3 is 5.32 Å². The predicted molar refractivity (Wildman–Crippen MR) is 127 cm³/mol. The van der Waals surface area contributed by atoms with Gasteiger partial charge in [0.15, 0.2) is 0 Å². The number of ketones is 2. The molecule has 2 fully saturated rings. The topological polar surface area (TPSA) is 63.2 Å².